The second-order valence-corrected chi connectivity index (χ2v) is 3.41. The standard InChI is InChI=1S/C10H10FNO/c11-7-3-1-2-6(4-7)8-5-9(8)10(12)13/h1-4,8-9H,5H2,(H2,12,13)/t8-,9+/m1/s1. The summed E-state index contributed by atoms with van der Waals surface area (Å²) >= 11 is 0. The number of hydrogen-bond donors (Lipinski definition) is 1. The van der Waals surface area contributed by atoms with Gasteiger partial charge in [-0.3, -0.25) is 4.79 Å². The monoisotopic (exact) mass is 179 g/mol. The number of nitrogens with two attached hydrogens (primary N) is 1. The van der Waals surface area contributed by atoms with E-state index in [1.165, 1.54) is 12.1 Å². The van der Waals surface area contributed by atoms with Crippen molar-refractivity contribution in [1.82, 2.24) is 0 Å². The van der Waals surface area contributed by atoms with Crippen LogP contribution in [0.5, 0.6) is 0 Å². The first-order valence-electron chi connectivity index (χ1n) is 4.23. The molecule has 1 aliphatic carbocycles. The van der Waals surface area contributed by atoms with Crippen LogP contribution in [0.25, 0.3) is 0 Å². The third-order valence-corrected chi connectivity index (χ3v) is 2.43. The molecule has 1 fully saturated rings. The van der Waals surface area contributed by atoms with E-state index in [0.717, 1.165) is 12.0 Å². The van der Waals surface area contributed by atoms with Crippen molar-refractivity contribution in [3.63, 3.8) is 0 Å². The van der Waals surface area contributed by atoms with Crippen molar-refractivity contribution in [2.24, 2.45) is 11.7 Å². The molecule has 0 aromatic heterocycles. The highest BCUT2D eigenvalue weighted by Gasteiger charge is 2.42. The zero-order valence-electron chi connectivity index (χ0n) is 7.03. The fourth-order valence-electron chi connectivity index (χ4n) is 1.62. The van der Waals surface area contributed by atoms with Crippen molar-refractivity contribution in [1.29, 1.82) is 0 Å². The molecule has 3 heteroatoms. The molecular weight excluding hydrogens is 169 g/mol. The van der Waals surface area contributed by atoms with Crippen LogP contribution in [0.15, 0.2) is 24.3 Å². The molecule has 0 radical (unpaired) electrons. The van der Waals surface area contributed by atoms with Gasteiger partial charge in [0.05, 0.1) is 0 Å². The first-order valence-corrected chi connectivity index (χ1v) is 4.23. The van der Waals surface area contributed by atoms with E-state index in [1.54, 1.807) is 6.07 Å². The van der Waals surface area contributed by atoms with Crippen molar-refractivity contribution in [2.45, 2.75) is 12.3 Å². The molecule has 68 valence electrons. The molecule has 2 rings (SSSR count). The summed E-state index contributed by atoms with van der Waals surface area (Å²) in [5, 5.41) is 0. The van der Waals surface area contributed by atoms with Crippen LogP contribution in [-0.2, 0) is 4.79 Å². The summed E-state index contributed by atoms with van der Waals surface area (Å²) in [5.41, 5.74) is 6.01. The first kappa shape index (κ1) is 8.23. The minimum absolute atomic E-state index is 0.0817. The zero-order chi connectivity index (χ0) is 9.42. The molecule has 0 bridgehead atoms. The van der Waals surface area contributed by atoms with Gasteiger partial charge in [0.2, 0.25) is 5.91 Å². The minimum atomic E-state index is -0.283. The van der Waals surface area contributed by atoms with Crippen molar-refractivity contribution >= 4 is 5.91 Å². The summed E-state index contributed by atoms with van der Waals surface area (Å²) in [5.74, 6) is -0.475. The Morgan fingerprint density at radius 2 is 2.31 bits per heavy atom. The third kappa shape index (κ3) is 1.54. The summed E-state index contributed by atoms with van der Waals surface area (Å²) in [6.45, 7) is 0. The van der Waals surface area contributed by atoms with Gasteiger partial charge in [-0.2, -0.15) is 0 Å². The van der Waals surface area contributed by atoms with Gasteiger partial charge in [0, 0.05) is 5.92 Å². The fourth-order valence-corrected chi connectivity index (χ4v) is 1.62. The molecule has 0 spiro atoms. The van der Waals surface area contributed by atoms with Crippen LogP contribution in [0.4, 0.5) is 4.39 Å². The van der Waals surface area contributed by atoms with Crippen LogP contribution >= 0.6 is 0 Å². The van der Waals surface area contributed by atoms with Crippen LogP contribution in [0.2, 0.25) is 0 Å². The highest BCUT2D eigenvalue weighted by molar-refractivity contribution is 5.81. The summed E-state index contributed by atoms with van der Waals surface area (Å²) in [7, 11) is 0. The first-order chi connectivity index (χ1) is 6.18. The topological polar surface area (TPSA) is 43.1 Å². The lowest BCUT2D eigenvalue weighted by atomic mass is 10.1. The maximum absolute atomic E-state index is 12.8. The second kappa shape index (κ2) is 2.83. The third-order valence-electron chi connectivity index (χ3n) is 2.43. The summed E-state index contributed by atoms with van der Waals surface area (Å²) in [6, 6.07) is 6.34. The van der Waals surface area contributed by atoms with Gasteiger partial charge in [-0.1, -0.05) is 12.1 Å². The Labute approximate surface area is 75.6 Å². The fraction of sp³-hybridized carbons (Fsp3) is 0.300. The van der Waals surface area contributed by atoms with Gasteiger partial charge in [-0.05, 0) is 30.0 Å². The van der Waals surface area contributed by atoms with Crippen molar-refractivity contribution in [3.8, 4) is 0 Å². The molecule has 0 aliphatic heterocycles. The molecule has 2 nitrogen and oxygen atoms in total. The van der Waals surface area contributed by atoms with Gasteiger partial charge in [-0.15, -0.1) is 0 Å². The highest BCUT2D eigenvalue weighted by Crippen LogP contribution is 2.47. The largest absolute Gasteiger partial charge is 0.369 e. The molecule has 1 aromatic carbocycles. The van der Waals surface area contributed by atoms with Crippen LogP contribution in [0, 0.1) is 11.7 Å². The average molecular weight is 179 g/mol. The summed E-state index contributed by atoms with van der Waals surface area (Å²) in [6.07, 6.45) is 0.763. The number of benzene rings is 1. The predicted octanol–water partition coefficient (Wildman–Crippen LogP) is 1.41. The van der Waals surface area contributed by atoms with E-state index in [0.29, 0.717) is 0 Å². The number of amides is 1. The lowest BCUT2D eigenvalue weighted by molar-refractivity contribution is -0.119. The van der Waals surface area contributed by atoms with E-state index < -0.39 is 0 Å². The van der Waals surface area contributed by atoms with Crippen molar-refractivity contribution < 1.29 is 9.18 Å². The Morgan fingerprint density at radius 1 is 1.54 bits per heavy atom. The molecular formula is C10H10FNO. The zero-order valence-corrected chi connectivity index (χ0v) is 7.03. The number of hydrogen-bond acceptors (Lipinski definition) is 1. The van der Waals surface area contributed by atoms with E-state index in [-0.39, 0.29) is 23.6 Å². The van der Waals surface area contributed by atoms with Crippen LogP contribution in [0.1, 0.15) is 17.9 Å². The number of halogens is 1. The van der Waals surface area contributed by atoms with E-state index in [4.69, 9.17) is 5.73 Å². The Morgan fingerprint density at radius 3 is 2.85 bits per heavy atom. The normalized spacial score (nSPS) is 25.6. The Balaban J connectivity index is 2.16. The van der Waals surface area contributed by atoms with Gasteiger partial charge in [0.25, 0.3) is 0 Å². The van der Waals surface area contributed by atoms with Gasteiger partial charge in [0.15, 0.2) is 0 Å². The molecule has 0 heterocycles. The van der Waals surface area contributed by atoms with E-state index >= 15 is 0 Å². The average Bonchev–Trinajstić information content (AvgIpc) is 2.82. The van der Waals surface area contributed by atoms with Crippen molar-refractivity contribution in [3.05, 3.63) is 35.6 Å². The molecule has 0 saturated heterocycles. The molecule has 1 amide bonds. The number of rotatable bonds is 2. The maximum Gasteiger partial charge on any atom is 0.221 e. The number of carbonyl (C=O) groups is 1. The molecule has 0 unspecified atom stereocenters. The SMILES string of the molecule is NC(=O)[C@H]1C[C@@H]1c1cccc(F)c1. The van der Waals surface area contributed by atoms with Gasteiger partial charge in [0.1, 0.15) is 5.82 Å². The highest BCUT2D eigenvalue weighted by atomic mass is 19.1. The van der Waals surface area contributed by atoms with E-state index in [1.807, 2.05) is 6.07 Å². The maximum atomic E-state index is 12.8. The predicted molar refractivity (Wildman–Crippen MR) is 46.4 cm³/mol. The molecule has 1 aliphatic rings. The van der Waals surface area contributed by atoms with Gasteiger partial charge >= 0.3 is 0 Å². The number of primary amides is 1. The van der Waals surface area contributed by atoms with Gasteiger partial charge < -0.3 is 5.73 Å². The molecule has 2 atom stereocenters. The minimum Gasteiger partial charge on any atom is -0.369 e. The lowest BCUT2D eigenvalue weighted by Gasteiger charge is -1.97. The van der Waals surface area contributed by atoms with Crippen LogP contribution in [0.3, 0.4) is 0 Å². The second-order valence-electron chi connectivity index (χ2n) is 3.41. The molecule has 2 N–H and O–H groups in total. The van der Waals surface area contributed by atoms with E-state index in [9.17, 15) is 9.18 Å². The molecule has 1 saturated carbocycles. The summed E-state index contributed by atoms with van der Waals surface area (Å²) in [4.78, 5) is 10.8. The smallest absolute Gasteiger partial charge is 0.221 e. The lowest BCUT2D eigenvalue weighted by Crippen LogP contribution is -2.13. The molecule has 1 aromatic rings. The summed E-state index contributed by atoms with van der Waals surface area (Å²) < 4.78 is 12.8. The Bertz CT molecular complexity index is 351. The Kier molecular flexibility index (Phi) is 1.79. The van der Waals surface area contributed by atoms with E-state index in [2.05, 4.69) is 0 Å². The van der Waals surface area contributed by atoms with Crippen LogP contribution in [-0.4, -0.2) is 5.91 Å². The quantitative estimate of drug-likeness (QED) is 0.732. The number of carbonyl (C=O) groups excluding carboxylic acids is 1. The molecule has 13 heavy (non-hydrogen) atoms. The van der Waals surface area contributed by atoms with Gasteiger partial charge in [-0.25, -0.2) is 4.39 Å². The van der Waals surface area contributed by atoms with Crippen LogP contribution < -0.4 is 5.73 Å². The Hall–Kier alpha value is -1.38. The van der Waals surface area contributed by atoms with Crippen molar-refractivity contribution in [2.75, 3.05) is 0 Å².